The van der Waals surface area contributed by atoms with Crippen LogP contribution in [0.25, 0.3) is 0 Å². The molecule has 1 N–H and O–H groups in total. The second-order valence-corrected chi connectivity index (χ2v) is 8.99. The smallest absolute Gasteiger partial charge is 0.242 e. The fourth-order valence-corrected chi connectivity index (χ4v) is 4.04. The molecule has 154 valence electrons. The van der Waals surface area contributed by atoms with Crippen molar-refractivity contribution < 1.29 is 17.6 Å². The molecule has 0 bridgehead atoms. The van der Waals surface area contributed by atoms with Crippen LogP contribution in [0.4, 0.5) is 10.1 Å². The summed E-state index contributed by atoms with van der Waals surface area (Å²) in [7, 11) is -3.37. The molecule has 0 spiro atoms. The van der Waals surface area contributed by atoms with Gasteiger partial charge in [-0.2, -0.15) is 5.10 Å². The van der Waals surface area contributed by atoms with E-state index in [2.05, 4.69) is 9.82 Å². The third-order valence-electron chi connectivity index (χ3n) is 4.67. The van der Waals surface area contributed by atoms with Gasteiger partial charge < -0.3 is 0 Å². The van der Waals surface area contributed by atoms with Gasteiger partial charge in [0.05, 0.1) is 17.5 Å². The third-order valence-corrected chi connectivity index (χ3v) is 6.31. The van der Waals surface area contributed by atoms with Crippen molar-refractivity contribution in [2.75, 3.05) is 10.5 Å². The Morgan fingerprint density at radius 3 is 2.52 bits per heavy atom. The van der Waals surface area contributed by atoms with Crippen LogP contribution in [0.5, 0.6) is 0 Å². The van der Waals surface area contributed by atoms with Gasteiger partial charge in [0.15, 0.2) is 0 Å². The first-order valence-electron chi connectivity index (χ1n) is 9.20. The second kappa shape index (κ2) is 8.51. The molecule has 0 aromatic heterocycles. The summed E-state index contributed by atoms with van der Waals surface area (Å²) >= 11 is 6.22. The highest BCUT2D eigenvalue weighted by Crippen LogP contribution is 2.38. The van der Waals surface area contributed by atoms with Crippen LogP contribution in [-0.4, -0.2) is 30.8 Å². The largest absolute Gasteiger partial charge is 0.284 e. The molecule has 6 nitrogen and oxygen atoms in total. The van der Waals surface area contributed by atoms with Crippen LogP contribution in [-0.2, 0) is 14.8 Å². The maximum atomic E-state index is 14.5. The summed E-state index contributed by atoms with van der Waals surface area (Å²) < 4.78 is 40.3. The maximum Gasteiger partial charge on any atom is 0.242 e. The van der Waals surface area contributed by atoms with Crippen molar-refractivity contribution in [3.63, 3.8) is 0 Å². The number of anilines is 1. The van der Waals surface area contributed by atoms with Crippen molar-refractivity contribution in [1.29, 1.82) is 0 Å². The van der Waals surface area contributed by atoms with Gasteiger partial charge in [0, 0.05) is 29.1 Å². The van der Waals surface area contributed by atoms with E-state index in [4.69, 9.17) is 11.6 Å². The Balaban J connectivity index is 1.92. The Bertz CT molecular complexity index is 1030. The number of hydrogen-bond donors (Lipinski definition) is 1. The molecule has 29 heavy (non-hydrogen) atoms. The summed E-state index contributed by atoms with van der Waals surface area (Å²) in [5, 5.41) is 5.95. The first-order valence-corrected chi connectivity index (χ1v) is 11.2. The van der Waals surface area contributed by atoms with Gasteiger partial charge >= 0.3 is 0 Å². The second-order valence-electron chi connectivity index (χ2n) is 6.58. The molecule has 0 saturated heterocycles. The van der Waals surface area contributed by atoms with Crippen LogP contribution in [0.1, 0.15) is 43.9 Å². The van der Waals surface area contributed by atoms with E-state index in [1.807, 2.05) is 0 Å². The summed E-state index contributed by atoms with van der Waals surface area (Å²) in [5.41, 5.74) is 1.99. The lowest BCUT2D eigenvalue weighted by molar-refractivity contribution is -0.132. The van der Waals surface area contributed by atoms with E-state index in [-0.39, 0.29) is 28.7 Å². The molecule has 3 rings (SSSR count). The van der Waals surface area contributed by atoms with Crippen LogP contribution >= 0.6 is 11.6 Å². The Labute approximate surface area is 174 Å². The number of hydrazone groups is 1. The molecule has 1 aliphatic rings. The molecule has 0 aliphatic carbocycles. The number of carbonyl (C=O) groups is 1. The minimum atomic E-state index is -3.37. The number of amides is 1. The number of nitrogens with zero attached hydrogens (tertiary/aromatic N) is 2. The van der Waals surface area contributed by atoms with E-state index in [9.17, 15) is 17.6 Å². The zero-order valence-electron chi connectivity index (χ0n) is 16.0. The number of sulfonamides is 1. The van der Waals surface area contributed by atoms with Crippen LogP contribution < -0.4 is 4.72 Å². The molecule has 0 fully saturated rings. The Morgan fingerprint density at radius 2 is 1.93 bits per heavy atom. The molecule has 0 radical (unpaired) electrons. The monoisotopic (exact) mass is 437 g/mol. The van der Waals surface area contributed by atoms with E-state index in [0.29, 0.717) is 23.4 Å². The number of benzene rings is 2. The zero-order valence-corrected chi connectivity index (χ0v) is 17.6. The minimum Gasteiger partial charge on any atom is -0.284 e. The number of halogens is 2. The Hall–Kier alpha value is -2.45. The SMILES string of the molecule is CCC(=O)N1N=C(c2ccc(NS(=O)(=O)CC)cc2)C[C@H]1c1c(F)cccc1Cl. The van der Waals surface area contributed by atoms with Crippen molar-refractivity contribution in [1.82, 2.24) is 5.01 Å². The lowest BCUT2D eigenvalue weighted by Gasteiger charge is -2.22. The van der Waals surface area contributed by atoms with Gasteiger partial charge in [0.25, 0.3) is 0 Å². The van der Waals surface area contributed by atoms with E-state index >= 15 is 0 Å². The van der Waals surface area contributed by atoms with Gasteiger partial charge in [-0.05, 0) is 36.8 Å². The molecule has 1 amide bonds. The van der Waals surface area contributed by atoms with Crippen LogP contribution in [0.3, 0.4) is 0 Å². The molecule has 1 heterocycles. The van der Waals surface area contributed by atoms with E-state index in [0.717, 1.165) is 0 Å². The van der Waals surface area contributed by atoms with Gasteiger partial charge in [0.2, 0.25) is 15.9 Å². The molecular formula is C20H21ClFN3O3S. The van der Waals surface area contributed by atoms with Crippen LogP contribution in [0, 0.1) is 5.82 Å². The number of rotatable bonds is 6. The first kappa shape index (κ1) is 21.3. The third kappa shape index (κ3) is 4.59. The van der Waals surface area contributed by atoms with Gasteiger partial charge in [0.1, 0.15) is 5.82 Å². The zero-order chi connectivity index (χ0) is 21.2. The van der Waals surface area contributed by atoms with Gasteiger partial charge in [-0.3, -0.25) is 9.52 Å². The van der Waals surface area contributed by atoms with E-state index < -0.39 is 21.9 Å². The molecule has 1 aliphatic heterocycles. The van der Waals surface area contributed by atoms with Crippen molar-refractivity contribution in [3.8, 4) is 0 Å². The molecular weight excluding hydrogens is 417 g/mol. The summed E-state index contributed by atoms with van der Waals surface area (Å²) in [6.07, 6.45) is 0.517. The number of nitrogens with one attached hydrogen (secondary N) is 1. The average Bonchev–Trinajstić information content (AvgIpc) is 3.12. The highest BCUT2D eigenvalue weighted by Gasteiger charge is 2.35. The molecule has 0 unspecified atom stereocenters. The van der Waals surface area contributed by atoms with Crippen molar-refractivity contribution >= 4 is 38.9 Å². The highest BCUT2D eigenvalue weighted by molar-refractivity contribution is 7.92. The van der Waals surface area contributed by atoms with Crippen molar-refractivity contribution in [2.24, 2.45) is 5.10 Å². The van der Waals surface area contributed by atoms with Gasteiger partial charge in [-0.15, -0.1) is 0 Å². The fourth-order valence-electron chi connectivity index (χ4n) is 3.11. The summed E-state index contributed by atoms with van der Waals surface area (Å²) in [4.78, 5) is 12.4. The van der Waals surface area contributed by atoms with Gasteiger partial charge in [-0.25, -0.2) is 17.8 Å². The molecule has 9 heteroatoms. The quantitative estimate of drug-likeness (QED) is 0.730. The van der Waals surface area contributed by atoms with Crippen molar-refractivity contribution in [3.05, 3.63) is 64.4 Å². The number of hydrogen-bond acceptors (Lipinski definition) is 4. The van der Waals surface area contributed by atoms with Gasteiger partial charge in [-0.1, -0.05) is 36.7 Å². The summed E-state index contributed by atoms with van der Waals surface area (Å²) in [6, 6.07) is 10.5. The first-order chi connectivity index (χ1) is 13.8. The van der Waals surface area contributed by atoms with E-state index in [1.54, 1.807) is 44.2 Å². The topological polar surface area (TPSA) is 78.8 Å². The van der Waals surface area contributed by atoms with Crippen LogP contribution in [0.2, 0.25) is 5.02 Å². The lowest BCUT2D eigenvalue weighted by atomic mass is 9.97. The standard InChI is InChI=1S/C20H21ClFN3O3S/c1-3-19(26)25-18(20-15(21)6-5-7-16(20)22)12-17(23-25)13-8-10-14(11-9-13)24-29(27,28)4-2/h5-11,18,24H,3-4,12H2,1-2H3/t18-/m0/s1. The van der Waals surface area contributed by atoms with E-state index in [1.165, 1.54) is 17.1 Å². The van der Waals surface area contributed by atoms with Crippen LogP contribution in [0.15, 0.2) is 47.6 Å². The predicted molar refractivity (Wildman–Crippen MR) is 112 cm³/mol. The molecule has 1 atom stereocenters. The summed E-state index contributed by atoms with van der Waals surface area (Å²) in [5.74, 6) is -0.755. The Kier molecular flexibility index (Phi) is 6.24. The molecule has 0 saturated carbocycles. The maximum absolute atomic E-state index is 14.5. The predicted octanol–water partition coefficient (Wildman–Crippen LogP) is 4.33. The molecule has 2 aromatic rings. The average molecular weight is 438 g/mol. The normalized spacial score (nSPS) is 16.6. The van der Waals surface area contributed by atoms with Crippen molar-refractivity contribution in [2.45, 2.75) is 32.7 Å². The lowest BCUT2D eigenvalue weighted by Crippen LogP contribution is -2.27. The molecule has 2 aromatic carbocycles. The fraction of sp³-hybridized carbons (Fsp3) is 0.300. The Morgan fingerprint density at radius 1 is 1.24 bits per heavy atom. The summed E-state index contributed by atoms with van der Waals surface area (Å²) in [6.45, 7) is 3.27. The number of carbonyl (C=O) groups excluding carboxylic acids is 1. The minimum absolute atomic E-state index is 0.0272. The highest BCUT2D eigenvalue weighted by atomic mass is 35.5.